The van der Waals surface area contributed by atoms with E-state index in [0.29, 0.717) is 18.5 Å². The second-order valence-electron chi connectivity index (χ2n) is 4.57. The zero-order valence-corrected chi connectivity index (χ0v) is 10.0. The van der Waals surface area contributed by atoms with Gasteiger partial charge in [-0.3, -0.25) is 4.79 Å². The minimum atomic E-state index is 0.132. The molecule has 0 aromatic carbocycles. The molecular weight excluding hydrogens is 190 g/mol. The van der Waals surface area contributed by atoms with E-state index in [2.05, 4.69) is 17.6 Å². The summed E-state index contributed by atoms with van der Waals surface area (Å²) < 4.78 is 0. The number of nitrogens with one attached hydrogen (secondary N) is 2. The van der Waals surface area contributed by atoms with E-state index in [9.17, 15) is 4.79 Å². The fourth-order valence-electron chi connectivity index (χ4n) is 2.11. The smallest absolute Gasteiger partial charge is 0.234 e. The third-order valence-electron chi connectivity index (χ3n) is 2.96. The molecule has 2 N–H and O–H groups in total. The first-order chi connectivity index (χ1) is 7.13. The van der Waals surface area contributed by atoms with E-state index in [0.717, 1.165) is 19.5 Å². The van der Waals surface area contributed by atoms with Gasteiger partial charge in [-0.1, -0.05) is 13.3 Å². The summed E-state index contributed by atoms with van der Waals surface area (Å²) in [4.78, 5) is 13.5. The first-order valence-electron chi connectivity index (χ1n) is 5.78. The molecule has 1 amide bonds. The van der Waals surface area contributed by atoms with Gasteiger partial charge in [-0.05, 0) is 33.0 Å². The quantitative estimate of drug-likeness (QED) is 0.694. The highest BCUT2D eigenvalue weighted by Gasteiger charge is 2.24. The van der Waals surface area contributed by atoms with Crippen LogP contribution in [0.4, 0.5) is 0 Å². The van der Waals surface area contributed by atoms with Crippen molar-refractivity contribution in [3.05, 3.63) is 0 Å². The average Bonchev–Trinajstić information content (AvgIpc) is 2.17. The molecule has 15 heavy (non-hydrogen) atoms. The van der Waals surface area contributed by atoms with Crippen LogP contribution in [0.1, 0.15) is 19.8 Å². The number of hydrogen-bond acceptors (Lipinski definition) is 3. The van der Waals surface area contributed by atoms with Gasteiger partial charge in [0.05, 0.1) is 6.54 Å². The summed E-state index contributed by atoms with van der Waals surface area (Å²) in [5.41, 5.74) is 0. The van der Waals surface area contributed by atoms with E-state index in [-0.39, 0.29) is 5.91 Å². The molecule has 88 valence electrons. The lowest BCUT2D eigenvalue weighted by Gasteiger charge is -2.32. The molecule has 0 aromatic heterocycles. The van der Waals surface area contributed by atoms with Crippen LogP contribution in [0.5, 0.6) is 0 Å². The maximum absolute atomic E-state index is 11.6. The van der Waals surface area contributed by atoms with Gasteiger partial charge in [-0.2, -0.15) is 0 Å². The highest BCUT2D eigenvalue weighted by atomic mass is 16.2. The number of rotatable bonds is 4. The molecule has 1 fully saturated rings. The Morgan fingerprint density at radius 3 is 2.87 bits per heavy atom. The third kappa shape index (κ3) is 4.18. The lowest BCUT2D eigenvalue weighted by molar-refractivity contribution is -0.122. The normalized spacial score (nSPS) is 26.7. The Balaban J connectivity index is 2.37. The Bertz CT molecular complexity index is 206. The SMILES string of the molecule is CCC1CCNCC1NC(=O)CN(C)C. The predicted molar refractivity (Wildman–Crippen MR) is 61.8 cm³/mol. The summed E-state index contributed by atoms with van der Waals surface area (Å²) in [5.74, 6) is 0.768. The van der Waals surface area contributed by atoms with Crippen LogP contribution < -0.4 is 10.6 Å². The summed E-state index contributed by atoms with van der Waals surface area (Å²) in [6.07, 6.45) is 2.32. The van der Waals surface area contributed by atoms with Gasteiger partial charge >= 0.3 is 0 Å². The van der Waals surface area contributed by atoms with Crippen LogP contribution in [0.3, 0.4) is 0 Å². The largest absolute Gasteiger partial charge is 0.351 e. The number of nitrogens with zero attached hydrogens (tertiary/aromatic N) is 1. The van der Waals surface area contributed by atoms with Crippen LogP contribution in [0.2, 0.25) is 0 Å². The van der Waals surface area contributed by atoms with Gasteiger partial charge in [-0.25, -0.2) is 0 Å². The van der Waals surface area contributed by atoms with Gasteiger partial charge in [0, 0.05) is 12.6 Å². The van der Waals surface area contributed by atoms with E-state index in [1.807, 2.05) is 19.0 Å². The lowest BCUT2D eigenvalue weighted by Crippen LogP contribution is -2.52. The van der Waals surface area contributed by atoms with Crippen molar-refractivity contribution in [3.63, 3.8) is 0 Å². The minimum Gasteiger partial charge on any atom is -0.351 e. The third-order valence-corrected chi connectivity index (χ3v) is 2.96. The van der Waals surface area contributed by atoms with Crippen LogP contribution >= 0.6 is 0 Å². The van der Waals surface area contributed by atoms with Gasteiger partial charge in [-0.15, -0.1) is 0 Å². The molecule has 2 unspecified atom stereocenters. The molecule has 1 heterocycles. The van der Waals surface area contributed by atoms with E-state index in [1.54, 1.807) is 0 Å². The zero-order chi connectivity index (χ0) is 11.3. The second-order valence-corrected chi connectivity index (χ2v) is 4.57. The van der Waals surface area contributed by atoms with Crippen molar-refractivity contribution in [2.24, 2.45) is 5.92 Å². The number of carbonyl (C=O) groups excluding carboxylic acids is 1. The molecular formula is C11H23N3O. The van der Waals surface area contributed by atoms with Gasteiger partial charge in [0.1, 0.15) is 0 Å². The van der Waals surface area contributed by atoms with Gasteiger partial charge in [0.15, 0.2) is 0 Å². The maximum Gasteiger partial charge on any atom is 0.234 e. The molecule has 0 saturated carbocycles. The predicted octanol–water partition coefficient (Wildman–Crippen LogP) is 0.0523. The number of piperidine rings is 1. The van der Waals surface area contributed by atoms with Gasteiger partial charge in [0.2, 0.25) is 5.91 Å². The molecule has 0 radical (unpaired) electrons. The number of amides is 1. The van der Waals surface area contributed by atoms with Crippen molar-refractivity contribution in [2.45, 2.75) is 25.8 Å². The van der Waals surface area contributed by atoms with Gasteiger partial charge in [0.25, 0.3) is 0 Å². The molecule has 4 heteroatoms. The van der Waals surface area contributed by atoms with Crippen LogP contribution in [0.25, 0.3) is 0 Å². The molecule has 1 aliphatic rings. The lowest BCUT2D eigenvalue weighted by atomic mass is 9.90. The van der Waals surface area contributed by atoms with Crippen LogP contribution in [0.15, 0.2) is 0 Å². The Labute approximate surface area is 92.4 Å². The van der Waals surface area contributed by atoms with E-state index >= 15 is 0 Å². The van der Waals surface area contributed by atoms with Gasteiger partial charge < -0.3 is 15.5 Å². The molecule has 0 aromatic rings. The fraction of sp³-hybridized carbons (Fsp3) is 0.909. The molecule has 1 saturated heterocycles. The molecule has 4 nitrogen and oxygen atoms in total. The van der Waals surface area contributed by atoms with Crippen LogP contribution in [0, 0.1) is 5.92 Å². The Hall–Kier alpha value is -0.610. The van der Waals surface area contributed by atoms with Crippen molar-refractivity contribution in [1.29, 1.82) is 0 Å². The standard InChI is InChI=1S/C11H23N3O/c1-4-9-5-6-12-7-10(9)13-11(15)8-14(2)3/h9-10,12H,4-8H2,1-3H3,(H,13,15). The molecule has 0 aliphatic carbocycles. The van der Waals surface area contributed by atoms with E-state index in [4.69, 9.17) is 0 Å². The first-order valence-corrected chi connectivity index (χ1v) is 5.78. The maximum atomic E-state index is 11.6. The molecule has 0 spiro atoms. The van der Waals surface area contributed by atoms with Crippen molar-refractivity contribution >= 4 is 5.91 Å². The second kappa shape index (κ2) is 6.08. The van der Waals surface area contributed by atoms with E-state index in [1.165, 1.54) is 6.42 Å². The number of hydrogen-bond donors (Lipinski definition) is 2. The molecule has 1 aliphatic heterocycles. The monoisotopic (exact) mass is 213 g/mol. The summed E-state index contributed by atoms with van der Waals surface area (Å²) in [6, 6.07) is 0.316. The summed E-state index contributed by atoms with van der Waals surface area (Å²) in [6.45, 7) is 4.67. The summed E-state index contributed by atoms with van der Waals surface area (Å²) in [5, 5.41) is 6.44. The highest BCUT2D eigenvalue weighted by Crippen LogP contribution is 2.15. The van der Waals surface area contributed by atoms with Crippen LogP contribution in [-0.2, 0) is 4.79 Å². The minimum absolute atomic E-state index is 0.132. The van der Waals surface area contributed by atoms with Crippen molar-refractivity contribution in [1.82, 2.24) is 15.5 Å². The topological polar surface area (TPSA) is 44.4 Å². The molecule has 0 bridgehead atoms. The van der Waals surface area contributed by atoms with Crippen LogP contribution in [-0.4, -0.2) is 50.6 Å². The fourth-order valence-corrected chi connectivity index (χ4v) is 2.11. The van der Waals surface area contributed by atoms with Crippen molar-refractivity contribution in [2.75, 3.05) is 33.7 Å². The Morgan fingerprint density at radius 1 is 1.53 bits per heavy atom. The number of carbonyl (C=O) groups is 1. The van der Waals surface area contributed by atoms with Crippen molar-refractivity contribution in [3.8, 4) is 0 Å². The zero-order valence-electron chi connectivity index (χ0n) is 10.0. The molecule has 1 rings (SSSR count). The van der Waals surface area contributed by atoms with E-state index < -0.39 is 0 Å². The molecule has 2 atom stereocenters. The Morgan fingerprint density at radius 2 is 2.27 bits per heavy atom. The summed E-state index contributed by atoms with van der Waals surface area (Å²) >= 11 is 0. The van der Waals surface area contributed by atoms with Crippen molar-refractivity contribution < 1.29 is 4.79 Å². The Kier molecular flexibility index (Phi) is 5.05. The average molecular weight is 213 g/mol. The summed E-state index contributed by atoms with van der Waals surface area (Å²) in [7, 11) is 3.83. The highest BCUT2D eigenvalue weighted by molar-refractivity contribution is 5.78. The first kappa shape index (κ1) is 12.5. The number of likely N-dealkylation sites (N-methyl/N-ethyl adjacent to an activating group) is 1.